The number of hydrogen-bond acceptors (Lipinski definition) is 3. The van der Waals surface area contributed by atoms with Crippen LogP contribution in [0.1, 0.15) is 44.0 Å². The van der Waals surface area contributed by atoms with Crippen molar-refractivity contribution in [3.63, 3.8) is 0 Å². The average Bonchev–Trinajstić information content (AvgIpc) is 2.64. The first-order valence-corrected chi connectivity index (χ1v) is 9.19. The van der Waals surface area contributed by atoms with Crippen LogP contribution in [-0.4, -0.2) is 60.2 Å². The van der Waals surface area contributed by atoms with Crippen LogP contribution in [0.4, 0.5) is 0 Å². The van der Waals surface area contributed by atoms with Crippen LogP contribution in [0.5, 0.6) is 0 Å². The van der Waals surface area contributed by atoms with Gasteiger partial charge in [0, 0.05) is 50.1 Å². The summed E-state index contributed by atoms with van der Waals surface area (Å²) in [6.07, 6.45) is 1.01. The highest BCUT2D eigenvalue weighted by molar-refractivity contribution is 5.94. The molecule has 1 saturated heterocycles. The minimum atomic E-state index is -0.386. The SMILES string of the molecule is CC(C)(C)C(=O)N1CCN(C(=O)CCCNC(=O)c2ccccc2)CC1. The van der Waals surface area contributed by atoms with E-state index in [9.17, 15) is 14.4 Å². The van der Waals surface area contributed by atoms with Crippen LogP contribution in [0, 0.1) is 5.41 Å². The van der Waals surface area contributed by atoms with Crippen LogP contribution in [0.25, 0.3) is 0 Å². The van der Waals surface area contributed by atoms with Crippen molar-refractivity contribution in [3.05, 3.63) is 35.9 Å². The zero-order chi connectivity index (χ0) is 19.2. The van der Waals surface area contributed by atoms with E-state index in [0.29, 0.717) is 51.1 Å². The minimum Gasteiger partial charge on any atom is -0.352 e. The van der Waals surface area contributed by atoms with E-state index in [0.717, 1.165) is 0 Å². The van der Waals surface area contributed by atoms with Crippen LogP contribution < -0.4 is 5.32 Å². The Bertz CT molecular complexity index is 629. The zero-order valence-electron chi connectivity index (χ0n) is 16.0. The van der Waals surface area contributed by atoms with Gasteiger partial charge in [-0.05, 0) is 18.6 Å². The molecule has 1 aromatic carbocycles. The van der Waals surface area contributed by atoms with Crippen LogP contribution >= 0.6 is 0 Å². The molecule has 0 saturated carbocycles. The van der Waals surface area contributed by atoms with Crippen LogP contribution in [0.3, 0.4) is 0 Å². The van der Waals surface area contributed by atoms with Gasteiger partial charge in [-0.15, -0.1) is 0 Å². The van der Waals surface area contributed by atoms with Gasteiger partial charge in [0.25, 0.3) is 5.91 Å². The summed E-state index contributed by atoms with van der Waals surface area (Å²) in [5.41, 5.74) is 0.238. The molecule has 0 radical (unpaired) electrons. The Morgan fingerprint density at radius 1 is 0.962 bits per heavy atom. The van der Waals surface area contributed by atoms with E-state index in [1.807, 2.05) is 48.8 Å². The van der Waals surface area contributed by atoms with E-state index < -0.39 is 0 Å². The fourth-order valence-corrected chi connectivity index (χ4v) is 2.92. The van der Waals surface area contributed by atoms with Crippen molar-refractivity contribution in [2.24, 2.45) is 5.41 Å². The van der Waals surface area contributed by atoms with Crippen molar-refractivity contribution in [2.45, 2.75) is 33.6 Å². The van der Waals surface area contributed by atoms with Crippen LogP contribution in [-0.2, 0) is 9.59 Å². The molecule has 0 spiro atoms. The maximum atomic E-state index is 12.3. The number of piperazine rings is 1. The second-order valence-electron chi connectivity index (χ2n) is 7.65. The summed E-state index contributed by atoms with van der Waals surface area (Å²) >= 11 is 0. The highest BCUT2D eigenvalue weighted by Crippen LogP contribution is 2.18. The lowest BCUT2D eigenvalue weighted by Crippen LogP contribution is -2.53. The van der Waals surface area contributed by atoms with Crippen molar-refractivity contribution in [1.82, 2.24) is 15.1 Å². The number of carbonyl (C=O) groups excluding carboxylic acids is 3. The first-order valence-electron chi connectivity index (χ1n) is 9.19. The number of rotatable bonds is 5. The van der Waals surface area contributed by atoms with Gasteiger partial charge in [0.05, 0.1) is 0 Å². The topological polar surface area (TPSA) is 69.7 Å². The van der Waals surface area contributed by atoms with Crippen molar-refractivity contribution >= 4 is 17.7 Å². The monoisotopic (exact) mass is 359 g/mol. The number of benzene rings is 1. The maximum absolute atomic E-state index is 12.3. The molecule has 0 aromatic heterocycles. The van der Waals surface area contributed by atoms with Crippen molar-refractivity contribution < 1.29 is 14.4 Å². The van der Waals surface area contributed by atoms with Crippen molar-refractivity contribution in [1.29, 1.82) is 0 Å². The molecule has 1 aliphatic rings. The largest absolute Gasteiger partial charge is 0.352 e. The lowest BCUT2D eigenvalue weighted by molar-refractivity contribution is -0.144. The Kier molecular flexibility index (Phi) is 6.77. The second-order valence-corrected chi connectivity index (χ2v) is 7.65. The van der Waals surface area contributed by atoms with Gasteiger partial charge >= 0.3 is 0 Å². The lowest BCUT2D eigenvalue weighted by Gasteiger charge is -2.37. The van der Waals surface area contributed by atoms with Crippen LogP contribution in [0.15, 0.2) is 30.3 Å². The molecule has 3 amide bonds. The Labute approximate surface area is 155 Å². The Balaban J connectivity index is 1.66. The fraction of sp³-hybridized carbons (Fsp3) is 0.550. The van der Waals surface area contributed by atoms with Gasteiger partial charge < -0.3 is 15.1 Å². The molecule has 0 unspecified atom stereocenters. The average molecular weight is 359 g/mol. The van der Waals surface area contributed by atoms with Gasteiger partial charge in [-0.3, -0.25) is 14.4 Å². The molecule has 2 rings (SSSR count). The minimum absolute atomic E-state index is 0.0850. The normalized spacial score (nSPS) is 14.9. The molecule has 0 aliphatic carbocycles. The number of hydrogen-bond donors (Lipinski definition) is 1. The van der Waals surface area contributed by atoms with E-state index in [4.69, 9.17) is 0 Å². The Morgan fingerprint density at radius 3 is 2.12 bits per heavy atom. The fourth-order valence-electron chi connectivity index (χ4n) is 2.92. The quantitative estimate of drug-likeness (QED) is 0.817. The summed E-state index contributed by atoms with van der Waals surface area (Å²) in [5.74, 6) is 0.0994. The highest BCUT2D eigenvalue weighted by atomic mass is 16.2. The summed E-state index contributed by atoms with van der Waals surface area (Å²) < 4.78 is 0. The van der Waals surface area contributed by atoms with Gasteiger partial charge in [0.1, 0.15) is 0 Å². The molecular formula is C20H29N3O3. The highest BCUT2D eigenvalue weighted by Gasteiger charge is 2.30. The third-order valence-electron chi connectivity index (χ3n) is 4.45. The van der Waals surface area contributed by atoms with Crippen LogP contribution in [0.2, 0.25) is 0 Å². The van der Waals surface area contributed by atoms with Gasteiger partial charge in [-0.2, -0.15) is 0 Å². The van der Waals surface area contributed by atoms with Gasteiger partial charge in [-0.25, -0.2) is 0 Å². The van der Waals surface area contributed by atoms with E-state index in [-0.39, 0.29) is 23.1 Å². The summed E-state index contributed by atoms with van der Waals surface area (Å²) in [6.45, 7) is 8.55. The Hall–Kier alpha value is -2.37. The van der Waals surface area contributed by atoms with Gasteiger partial charge in [0.15, 0.2) is 0 Å². The third kappa shape index (κ3) is 5.58. The standard InChI is InChI=1S/C20H29N3O3/c1-20(2,3)19(26)23-14-12-22(13-15-23)17(24)10-7-11-21-18(25)16-8-5-4-6-9-16/h4-6,8-9H,7,10-15H2,1-3H3,(H,21,25). The molecule has 1 heterocycles. The molecule has 0 bridgehead atoms. The van der Waals surface area contributed by atoms with E-state index >= 15 is 0 Å². The third-order valence-corrected chi connectivity index (χ3v) is 4.45. The van der Waals surface area contributed by atoms with Gasteiger partial charge in [0.2, 0.25) is 11.8 Å². The number of carbonyl (C=O) groups is 3. The second kappa shape index (κ2) is 8.83. The lowest BCUT2D eigenvalue weighted by atomic mass is 9.94. The van der Waals surface area contributed by atoms with Gasteiger partial charge in [-0.1, -0.05) is 39.0 Å². The summed E-state index contributed by atoms with van der Waals surface area (Å²) in [4.78, 5) is 40.1. The molecule has 142 valence electrons. The Morgan fingerprint density at radius 2 is 1.54 bits per heavy atom. The van der Waals surface area contributed by atoms with Crippen molar-refractivity contribution in [3.8, 4) is 0 Å². The predicted molar refractivity (Wildman–Crippen MR) is 101 cm³/mol. The smallest absolute Gasteiger partial charge is 0.251 e. The predicted octanol–water partition coefficient (Wildman–Crippen LogP) is 1.91. The molecule has 1 fully saturated rings. The summed E-state index contributed by atoms with van der Waals surface area (Å²) in [6, 6.07) is 9.03. The summed E-state index contributed by atoms with van der Waals surface area (Å²) in [7, 11) is 0. The molecule has 1 aromatic rings. The maximum Gasteiger partial charge on any atom is 0.251 e. The van der Waals surface area contributed by atoms with E-state index in [2.05, 4.69) is 5.32 Å². The molecular weight excluding hydrogens is 330 g/mol. The molecule has 6 heteroatoms. The zero-order valence-corrected chi connectivity index (χ0v) is 16.0. The molecule has 1 N–H and O–H groups in total. The molecule has 6 nitrogen and oxygen atoms in total. The van der Waals surface area contributed by atoms with E-state index in [1.165, 1.54) is 0 Å². The first kappa shape index (κ1) is 19.9. The molecule has 1 aliphatic heterocycles. The van der Waals surface area contributed by atoms with E-state index in [1.54, 1.807) is 12.1 Å². The number of nitrogens with zero attached hydrogens (tertiary/aromatic N) is 2. The molecule has 0 atom stereocenters. The number of nitrogens with one attached hydrogen (secondary N) is 1. The van der Waals surface area contributed by atoms with Crippen molar-refractivity contribution in [2.75, 3.05) is 32.7 Å². The first-order chi connectivity index (χ1) is 12.3. The molecule has 26 heavy (non-hydrogen) atoms. The number of amides is 3. The summed E-state index contributed by atoms with van der Waals surface area (Å²) in [5, 5.41) is 2.83.